The van der Waals surface area contributed by atoms with Crippen molar-refractivity contribution < 1.29 is 9.18 Å². The molecule has 1 aliphatic heterocycles. The molecule has 0 radical (unpaired) electrons. The van der Waals surface area contributed by atoms with Crippen molar-refractivity contribution in [1.82, 2.24) is 25.2 Å². The molecular formula is C17H20FN5O. The highest BCUT2D eigenvalue weighted by Gasteiger charge is 2.33. The number of nitrogens with zero attached hydrogens (tertiary/aromatic N) is 4. The Labute approximate surface area is 139 Å². The average molecular weight is 329 g/mol. The summed E-state index contributed by atoms with van der Waals surface area (Å²) in [5.74, 6) is -0.376. The molecule has 2 aromatic rings. The van der Waals surface area contributed by atoms with Crippen molar-refractivity contribution in [1.29, 1.82) is 0 Å². The second kappa shape index (κ2) is 5.98. The van der Waals surface area contributed by atoms with Gasteiger partial charge in [-0.15, -0.1) is 5.10 Å². The SMILES string of the molecule is CC(c1ccccc1F)N1CC(NC(=O)c2cn(C3CC3)nn2)C1. The predicted molar refractivity (Wildman–Crippen MR) is 85.9 cm³/mol. The van der Waals surface area contributed by atoms with E-state index in [1.54, 1.807) is 16.9 Å². The number of hydrogen-bond donors (Lipinski definition) is 1. The third-order valence-electron chi connectivity index (χ3n) is 4.81. The van der Waals surface area contributed by atoms with Crippen LogP contribution >= 0.6 is 0 Å². The van der Waals surface area contributed by atoms with Crippen LogP contribution in [0.2, 0.25) is 0 Å². The number of aromatic nitrogens is 3. The van der Waals surface area contributed by atoms with E-state index >= 15 is 0 Å². The van der Waals surface area contributed by atoms with Gasteiger partial charge < -0.3 is 5.32 Å². The summed E-state index contributed by atoms with van der Waals surface area (Å²) in [7, 11) is 0. The van der Waals surface area contributed by atoms with E-state index in [1.807, 2.05) is 19.1 Å². The summed E-state index contributed by atoms with van der Waals surface area (Å²) in [4.78, 5) is 14.3. The lowest BCUT2D eigenvalue weighted by molar-refractivity contribution is 0.0664. The van der Waals surface area contributed by atoms with Crippen LogP contribution in [0.15, 0.2) is 30.5 Å². The van der Waals surface area contributed by atoms with Gasteiger partial charge in [-0.25, -0.2) is 9.07 Å². The van der Waals surface area contributed by atoms with Crippen LogP contribution in [0, 0.1) is 5.82 Å². The Kier molecular flexibility index (Phi) is 3.80. The summed E-state index contributed by atoms with van der Waals surface area (Å²) in [6, 6.07) is 7.31. The summed E-state index contributed by atoms with van der Waals surface area (Å²) < 4.78 is 15.6. The van der Waals surface area contributed by atoms with Gasteiger partial charge in [0, 0.05) is 24.7 Å². The molecule has 1 aromatic carbocycles. The molecule has 1 amide bonds. The molecule has 1 aromatic heterocycles. The Bertz CT molecular complexity index is 751. The second-order valence-electron chi connectivity index (χ2n) is 6.64. The molecule has 1 unspecified atom stereocenters. The fourth-order valence-electron chi connectivity index (χ4n) is 3.09. The first-order valence-electron chi connectivity index (χ1n) is 8.33. The number of hydrogen-bond acceptors (Lipinski definition) is 4. The van der Waals surface area contributed by atoms with Gasteiger partial charge in [-0.2, -0.15) is 0 Å². The summed E-state index contributed by atoms with van der Waals surface area (Å²) in [5.41, 5.74) is 1.05. The fraction of sp³-hybridized carbons (Fsp3) is 0.471. The van der Waals surface area contributed by atoms with Crippen molar-refractivity contribution in [3.05, 3.63) is 47.5 Å². The molecule has 1 saturated carbocycles. The fourth-order valence-corrected chi connectivity index (χ4v) is 3.09. The number of amides is 1. The molecule has 2 heterocycles. The zero-order chi connectivity index (χ0) is 16.7. The van der Waals surface area contributed by atoms with Gasteiger partial charge in [0.15, 0.2) is 5.69 Å². The highest BCUT2D eigenvalue weighted by atomic mass is 19.1. The molecule has 4 rings (SSSR count). The summed E-state index contributed by atoms with van der Waals surface area (Å²) >= 11 is 0. The van der Waals surface area contributed by atoms with Crippen LogP contribution in [0.4, 0.5) is 4.39 Å². The first-order valence-corrected chi connectivity index (χ1v) is 8.33. The molecule has 126 valence electrons. The summed E-state index contributed by atoms with van der Waals surface area (Å²) in [6.07, 6.45) is 3.93. The molecule has 24 heavy (non-hydrogen) atoms. The van der Waals surface area contributed by atoms with Gasteiger partial charge >= 0.3 is 0 Å². The number of benzene rings is 1. The molecule has 1 N–H and O–H groups in total. The summed E-state index contributed by atoms with van der Waals surface area (Å²) in [5, 5.41) is 10.9. The van der Waals surface area contributed by atoms with Crippen molar-refractivity contribution >= 4 is 5.91 Å². The van der Waals surface area contributed by atoms with Crippen LogP contribution in [0.3, 0.4) is 0 Å². The Morgan fingerprint density at radius 3 is 2.79 bits per heavy atom. The zero-order valence-electron chi connectivity index (χ0n) is 13.5. The molecule has 2 aliphatic rings. The number of halogens is 1. The van der Waals surface area contributed by atoms with Crippen molar-refractivity contribution in [2.24, 2.45) is 0 Å². The van der Waals surface area contributed by atoms with E-state index < -0.39 is 0 Å². The van der Waals surface area contributed by atoms with Crippen molar-refractivity contribution in [3.8, 4) is 0 Å². The van der Waals surface area contributed by atoms with Crippen LogP contribution in [0.25, 0.3) is 0 Å². The standard InChI is InChI=1S/C17H20FN5O/c1-11(14-4-2-3-5-15(14)18)22-8-12(9-22)19-17(24)16-10-23(21-20-16)13-6-7-13/h2-5,10-13H,6-9H2,1H3,(H,19,24). The molecule has 0 bridgehead atoms. The van der Waals surface area contributed by atoms with E-state index in [4.69, 9.17) is 0 Å². The maximum absolute atomic E-state index is 13.8. The van der Waals surface area contributed by atoms with Gasteiger partial charge in [-0.1, -0.05) is 23.4 Å². The van der Waals surface area contributed by atoms with Crippen LogP contribution in [0.5, 0.6) is 0 Å². The minimum Gasteiger partial charge on any atom is -0.345 e. The minimum atomic E-state index is -0.190. The first-order chi connectivity index (χ1) is 11.6. The Balaban J connectivity index is 1.30. The highest BCUT2D eigenvalue weighted by molar-refractivity contribution is 5.92. The maximum atomic E-state index is 13.8. The largest absolute Gasteiger partial charge is 0.345 e. The quantitative estimate of drug-likeness (QED) is 0.910. The van der Waals surface area contributed by atoms with Gasteiger partial charge in [-0.3, -0.25) is 9.69 Å². The molecule has 1 saturated heterocycles. The molecule has 1 atom stereocenters. The minimum absolute atomic E-state index is 0.00454. The number of carbonyl (C=O) groups is 1. The molecule has 6 nitrogen and oxygen atoms in total. The predicted octanol–water partition coefficient (Wildman–Crippen LogP) is 1.93. The van der Waals surface area contributed by atoms with Gasteiger partial charge in [0.2, 0.25) is 0 Å². The van der Waals surface area contributed by atoms with Gasteiger partial charge in [-0.05, 0) is 25.8 Å². The monoisotopic (exact) mass is 329 g/mol. The Morgan fingerprint density at radius 2 is 2.08 bits per heavy atom. The summed E-state index contributed by atoms with van der Waals surface area (Å²) in [6.45, 7) is 3.40. The molecule has 7 heteroatoms. The van der Waals surface area contributed by atoms with Crippen molar-refractivity contribution in [3.63, 3.8) is 0 Å². The number of carbonyl (C=O) groups excluding carboxylic acids is 1. The normalized spacial score (nSPS) is 19.8. The van der Waals surface area contributed by atoms with Gasteiger partial charge in [0.25, 0.3) is 5.91 Å². The van der Waals surface area contributed by atoms with Crippen molar-refractivity contribution in [2.75, 3.05) is 13.1 Å². The second-order valence-corrected chi connectivity index (χ2v) is 6.64. The molecule has 0 spiro atoms. The zero-order valence-corrected chi connectivity index (χ0v) is 13.5. The third kappa shape index (κ3) is 2.91. The van der Waals surface area contributed by atoms with Gasteiger partial charge in [0.05, 0.1) is 18.3 Å². The van der Waals surface area contributed by atoms with Crippen LogP contribution in [-0.4, -0.2) is 44.9 Å². The van der Waals surface area contributed by atoms with Gasteiger partial charge in [0.1, 0.15) is 5.82 Å². The average Bonchev–Trinajstić information content (AvgIpc) is 3.27. The smallest absolute Gasteiger partial charge is 0.273 e. The van der Waals surface area contributed by atoms with Crippen LogP contribution < -0.4 is 5.32 Å². The van der Waals surface area contributed by atoms with E-state index in [-0.39, 0.29) is 23.8 Å². The first kappa shape index (κ1) is 15.3. The number of likely N-dealkylation sites (tertiary alicyclic amines) is 1. The third-order valence-corrected chi connectivity index (χ3v) is 4.81. The number of rotatable bonds is 5. The highest BCUT2D eigenvalue weighted by Crippen LogP contribution is 2.33. The number of nitrogens with one attached hydrogen (secondary N) is 1. The Hall–Kier alpha value is -2.28. The topological polar surface area (TPSA) is 63.1 Å². The van der Waals surface area contributed by atoms with Crippen molar-refractivity contribution in [2.45, 2.75) is 37.9 Å². The van der Waals surface area contributed by atoms with Crippen LogP contribution in [0.1, 0.15) is 47.9 Å². The van der Waals surface area contributed by atoms with E-state index in [0.29, 0.717) is 30.4 Å². The van der Waals surface area contributed by atoms with E-state index in [2.05, 4.69) is 20.5 Å². The molecule has 1 aliphatic carbocycles. The molecule has 2 fully saturated rings. The van der Waals surface area contributed by atoms with E-state index in [9.17, 15) is 9.18 Å². The Morgan fingerprint density at radius 1 is 1.33 bits per heavy atom. The maximum Gasteiger partial charge on any atom is 0.273 e. The van der Waals surface area contributed by atoms with E-state index in [0.717, 1.165) is 12.8 Å². The lowest BCUT2D eigenvalue weighted by atomic mass is 10.00. The molecular weight excluding hydrogens is 309 g/mol. The lowest BCUT2D eigenvalue weighted by Crippen LogP contribution is -2.59. The van der Waals surface area contributed by atoms with E-state index in [1.165, 1.54) is 6.07 Å². The van der Waals surface area contributed by atoms with Crippen LogP contribution in [-0.2, 0) is 0 Å². The lowest BCUT2D eigenvalue weighted by Gasteiger charge is -2.43.